The van der Waals surface area contributed by atoms with E-state index in [1.54, 1.807) is 31.3 Å². The van der Waals surface area contributed by atoms with Gasteiger partial charge in [-0.25, -0.2) is 13.1 Å². The van der Waals surface area contributed by atoms with Crippen molar-refractivity contribution >= 4 is 16.0 Å². The molecular weight excluding hydrogens is 276 g/mol. The summed E-state index contributed by atoms with van der Waals surface area (Å²) in [6, 6.07) is 7.02. The summed E-state index contributed by atoms with van der Waals surface area (Å²) in [6.45, 7) is 4.64. The summed E-state index contributed by atoms with van der Waals surface area (Å²) in [4.78, 5) is 4.36. The molecule has 0 bridgehead atoms. The van der Waals surface area contributed by atoms with Gasteiger partial charge in [-0.1, -0.05) is 12.1 Å². The second kappa shape index (κ2) is 7.25. The van der Waals surface area contributed by atoms with Gasteiger partial charge in [-0.2, -0.15) is 0 Å². The van der Waals surface area contributed by atoms with Crippen LogP contribution in [0.3, 0.4) is 0 Å². The average molecular weight is 298 g/mol. The Kier molecular flexibility index (Phi) is 5.97. The molecule has 0 radical (unpaired) electrons. The molecule has 6 nitrogen and oxygen atoms in total. The van der Waals surface area contributed by atoms with Gasteiger partial charge in [0.05, 0.1) is 4.90 Å². The molecule has 0 saturated heterocycles. The Morgan fingerprint density at radius 1 is 1.25 bits per heavy atom. The van der Waals surface area contributed by atoms with E-state index in [9.17, 15) is 8.42 Å². The van der Waals surface area contributed by atoms with Gasteiger partial charge in [0.15, 0.2) is 5.96 Å². The van der Waals surface area contributed by atoms with Crippen molar-refractivity contribution in [2.45, 2.75) is 31.3 Å². The van der Waals surface area contributed by atoms with Gasteiger partial charge in [-0.15, -0.1) is 0 Å². The molecule has 3 N–H and O–H groups in total. The second-order valence-corrected chi connectivity index (χ2v) is 6.46. The molecule has 0 amide bonds. The van der Waals surface area contributed by atoms with Gasteiger partial charge < -0.3 is 10.6 Å². The fraction of sp³-hybridized carbons (Fsp3) is 0.462. The van der Waals surface area contributed by atoms with Crippen LogP contribution in [0.2, 0.25) is 0 Å². The molecule has 0 aliphatic carbocycles. The maximum Gasteiger partial charge on any atom is 0.240 e. The minimum atomic E-state index is -3.37. The third-order valence-electron chi connectivity index (χ3n) is 2.61. The van der Waals surface area contributed by atoms with E-state index in [-0.39, 0.29) is 4.90 Å². The van der Waals surface area contributed by atoms with Crippen molar-refractivity contribution in [2.24, 2.45) is 4.99 Å². The Hall–Kier alpha value is -1.60. The largest absolute Gasteiger partial charge is 0.354 e. The molecule has 1 aromatic rings. The molecule has 112 valence electrons. The van der Waals surface area contributed by atoms with Crippen LogP contribution >= 0.6 is 0 Å². The summed E-state index contributed by atoms with van der Waals surface area (Å²) in [5.41, 5.74) is 0.978. The lowest BCUT2D eigenvalue weighted by Crippen LogP contribution is -2.40. The van der Waals surface area contributed by atoms with Crippen molar-refractivity contribution < 1.29 is 8.42 Å². The van der Waals surface area contributed by atoms with Crippen LogP contribution in [-0.2, 0) is 16.6 Å². The van der Waals surface area contributed by atoms with Crippen molar-refractivity contribution in [3.05, 3.63) is 29.8 Å². The Morgan fingerprint density at radius 2 is 1.85 bits per heavy atom. The number of hydrogen-bond acceptors (Lipinski definition) is 3. The zero-order valence-corrected chi connectivity index (χ0v) is 13.1. The molecule has 20 heavy (non-hydrogen) atoms. The summed E-state index contributed by atoms with van der Waals surface area (Å²) >= 11 is 0. The molecule has 0 fully saturated rings. The van der Waals surface area contributed by atoms with E-state index in [4.69, 9.17) is 0 Å². The molecule has 0 unspecified atom stereocenters. The number of nitrogens with one attached hydrogen (secondary N) is 3. The Labute approximate surface area is 120 Å². The van der Waals surface area contributed by atoms with Crippen LogP contribution < -0.4 is 15.4 Å². The summed E-state index contributed by atoms with van der Waals surface area (Å²) in [6.07, 6.45) is 0. The molecule has 1 rings (SSSR count). The predicted octanol–water partition coefficient (Wildman–Crippen LogP) is 0.668. The standard InChI is InChI=1S/C13H22N4O2S/c1-10(2)17-13(14-3)16-9-11-5-7-12(8-6-11)20(18,19)15-4/h5-8,10,15H,9H2,1-4H3,(H2,14,16,17). The first-order valence-electron chi connectivity index (χ1n) is 6.38. The monoisotopic (exact) mass is 298 g/mol. The fourth-order valence-electron chi connectivity index (χ4n) is 1.56. The van der Waals surface area contributed by atoms with Gasteiger partial charge in [-0.05, 0) is 38.6 Å². The van der Waals surface area contributed by atoms with Crippen LogP contribution in [0, 0.1) is 0 Å². The minimum Gasteiger partial charge on any atom is -0.354 e. The molecule has 0 saturated carbocycles. The zero-order valence-electron chi connectivity index (χ0n) is 12.3. The van der Waals surface area contributed by atoms with Crippen molar-refractivity contribution in [3.63, 3.8) is 0 Å². The highest BCUT2D eigenvalue weighted by Gasteiger charge is 2.10. The molecule has 0 aliphatic rings. The summed E-state index contributed by atoms with van der Waals surface area (Å²) in [7, 11) is -0.269. The molecule has 0 aromatic heterocycles. The third kappa shape index (κ3) is 4.82. The molecule has 0 atom stereocenters. The van der Waals surface area contributed by atoms with E-state index in [0.29, 0.717) is 18.5 Å². The average Bonchev–Trinajstić information content (AvgIpc) is 2.43. The Balaban J connectivity index is 2.67. The number of sulfonamides is 1. The Morgan fingerprint density at radius 3 is 2.30 bits per heavy atom. The summed E-state index contributed by atoms with van der Waals surface area (Å²) < 4.78 is 25.5. The maximum atomic E-state index is 11.6. The van der Waals surface area contributed by atoms with Crippen LogP contribution in [0.25, 0.3) is 0 Å². The highest BCUT2D eigenvalue weighted by atomic mass is 32.2. The van der Waals surface area contributed by atoms with E-state index < -0.39 is 10.0 Å². The van der Waals surface area contributed by atoms with Gasteiger partial charge in [-0.3, -0.25) is 4.99 Å². The van der Waals surface area contributed by atoms with E-state index in [1.807, 2.05) is 13.8 Å². The quantitative estimate of drug-likeness (QED) is 0.551. The van der Waals surface area contributed by atoms with Crippen LogP contribution in [0.5, 0.6) is 0 Å². The maximum absolute atomic E-state index is 11.6. The number of rotatable bonds is 5. The first-order valence-corrected chi connectivity index (χ1v) is 7.87. The van der Waals surface area contributed by atoms with E-state index >= 15 is 0 Å². The SMILES string of the molecule is CN=C(NCc1ccc(S(=O)(=O)NC)cc1)NC(C)C. The van der Waals surface area contributed by atoms with Crippen molar-refractivity contribution in [1.82, 2.24) is 15.4 Å². The number of nitrogens with zero attached hydrogens (tertiary/aromatic N) is 1. The first kappa shape index (κ1) is 16.5. The van der Waals surface area contributed by atoms with Gasteiger partial charge in [0.1, 0.15) is 0 Å². The molecule has 7 heteroatoms. The lowest BCUT2D eigenvalue weighted by atomic mass is 10.2. The van der Waals surface area contributed by atoms with Crippen LogP contribution in [0.4, 0.5) is 0 Å². The van der Waals surface area contributed by atoms with E-state index in [2.05, 4.69) is 20.3 Å². The lowest BCUT2D eigenvalue weighted by Gasteiger charge is -2.14. The van der Waals surface area contributed by atoms with Gasteiger partial charge in [0.2, 0.25) is 10.0 Å². The van der Waals surface area contributed by atoms with Crippen LogP contribution in [0.15, 0.2) is 34.2 Å². The molecule has 0 spiro atoms. The number of hydrogen-bond donors (Lipinski definition) is 3. The zero-order chi connectivity index (χ0) is 15.2. The van der Waals surface area contributed by atoms with Crippen LogP contribution in [-0.4, -0.2) is 34.5 Å². The third-order valence-corrected chi connectivity index (χ3v) is 4.04. The fourth-order valence-corrected chi connectivity index (χ4v) is 2.29. The predicted molar refractivity (Wildman–Crippen MR) is 81.2 cm³/mol. The number of guanidine groups is 1. The molecule has 0 aliphatic heterocycles. The topological polar surface area (TPSA) is 82.6 Å². The number of aliphatic imine (C=N–C) groups is 1. The lowest BCUT2D eigenvalue weighted by molar-refractivity contribution is 0.588. The molecular formula is C13H22N4O2S. The van der Waals surface area contributed by atoms with Gasteiger partial charge >= 0.3 is 0 Å². The smallest absolute Gasteiger partial charge is 0.240 e. The summed E-state index contributed by atoms with van der Waals surface area (Å²) in [5, 5.41) is 6.34. The van der Waals surface area contributed by atoms with Crippen molar-refractivity contribution in [3.8, 4) is 0 Å². The minimum absolute atomic E-state index is 0.258. The first-order chi connectivity index (χ1) is 9.39. The second-order valence-electron chi connectivity index (χ2n) is 4.58. The highest BCUT2D eigenvalue weighted by molar-refractivity contribution is 7.89. The Bertz CT molecular complexity index is 550. The van der Waals surface area contributed by atoms with Gasteiger partial charge in [0.25, 0.3) is 0 Å². The number of benzene rings is 1. The van der Waals surface area contributed by atoms with E-state index in [0.717, 1.165) is 5.56 Å². The summed E-state index contributed by atoms with van der Waals surface area (Å²) in [5.74, 6) is 0.715. The van der Waals surface area contributed by atoms with Gasteiger partial charge in [0, 0.05) is 19.6 Å². The highest BCUT2D eigenvalue weighted by Crippen LogP contribution is 2.09. The molecule has 1 aromatic carbocycles. The molecule has 0 heterocycles. The normalized spacial score (nSPS) is 12.6. The van der Waals surface area contributed by atoms with Crippen LogP contribution in [0.1, 0.15) is 19.4 Å². The van der Waals surface area contributed by atoms with Crippen molar-refractivity contribution in [1.29, 1.82) is 0 Å². The van der Waals surface area contributed by atoms with Crippen molar-refractivity contribution in [2.75, 3.05) is 14.1 Å². The van der Waals surface area contributed by atoms with E-state index in [1.165, 1.54) is 7.05 Å².